The Morgan fingerprint density at radius 2 is 1.30 bits per heavy atom. The zero-order valence-corrected chi connectivity index (χ0v) is 37.1. The number of aliphatic hydroxyl groups excluding tert-OH is 8. The standard InChI is InChI=1S/C47H76O14/c1-21-9-15-47(16-10-21)22(2)33-31(61-47)19-30-28-8-7-26-18-27(11-13-45(26,5)29(28)12-14-46(30,33)6)58-32-17-25(20-48)36(51)42(60-44-40(55)38(53)35(50)24(4)57-44)41(32)59-43-39(54)37(52)34(49)23(3)56-43/h7,21-25,27-44,48-55H,8-20H2,1-6H3/t21?,22?,23?,24?,25?,27?,28?,29?,30?,31?,32?,33?,34?,35?,36?,37?,38?,39?,40?,41?,42?,43?,44?,45-,46-,47?/m0/s1. The summed E-state index contributed by atoms with van der Waals surface area (Å²) in [6.07, 6.45) is -3.87. The molecule has 3 saturated heterocycles. The summed E-state index contributed by atoms with van der Waals surface area (Å²) >= 11 is 0. The van der Waals surface area contributed by atoms with E-state index in [1.54, 1.807) is 6.92 Å². The molecule has 348 valence electrons. The highest BCUT2D eigenvalue weighted by molar-refractivity contribution is 5.27. The zero-order chi connectivity index (χ0) is 43.5. The third kappa shape index (κ3) is 7.45. The molecule has 0 amide bonds. The second-order valence-electron chi connectivity index (χ2n) is 22.0. The molecule has 14 nitrogen and oxygen atoms in total. The van der Waals surface area contributed by atoms with E-state index >= 15 is 0 Å². The molecule has 0 aromatic rings. The molecular formula is C47H76O14. The Balaban J connectivity index is 0.937. The lowest BCUT2D eigenvalue weighted by Gasteiger charge is -2.59. The van der Waals surface area contributed by atoms with Gasteiger partial charge in [-0.3, -0.25) is 0 Å². The molecule has 3 heterocycles. The van der Waals surface area contributed by atoms with Crippen LogP contribution in [0.15, 0.2) is 11.6 Å². The average Bonchev–Trinajstić information content (AvgIpc) is 3.69. The van der Waals surface area contributed by atoms with Crippen LogP contribution in [-0.2, 0) is 28.4 Å². The Kier molecular flexibility index (Phi) is 12.5. The Hall–Kier alpha value is -0.820. The summed E-state index contributed by atoms with van der Waals surface area (Å²) < 4.78 is 38.5. The van der Waals surface area contributed by atoms with Crippen LogP contribution in [0.4, 0.5) is 0 Å². The minimum atomic E-state index is -1.69. The molecule has 9 aliphatic rings. The second kappa shape index (κ2) is 16.8. The van der Waals surface area contributed by atoms with Crippen LogP contribution in [0.5, 0.6) is 0 Å². The van der Waals surface area contributed by atoms with Gasteiger partial charge in [-0.25, -0.2) is 0 Å². The molecule has 0 aromatic carbocycles. The summed E-state index contributed by atoms with van der Waals surface area (Å²) in [5, 5.41) is 86.3. The molecule has 0 radical (unpaired) electrons. The van der Waals surface area contributed by atoms with Gasteiger partial charge in [0, 0.05) is 12.5 Å². The molecular weight excluding hydrogens is 789 g/mol. The first-order chi connectivity index (χ1) is 28.9. The fourth-order valence-corrected chi connectivity index (χ4v) is 15.0. The van der Waals surface area contributed by atoms with E-state index in [1.807, 2.05) is 0 Å². The lowest BCUT2D eigenvalue weighted by Crippen LogP contribution is -2.65. The fourth-order valence-electron chi connectivity index (χ4n) is 15.0. The largest absolute Gasteiger partial charge is 0.396 e. The maximum absolute atomic E-state index is 11.7. The van der Waals surface area contributed by atoms with Crippen molar-refractivity contribution in [1.29, 1.82) is 0 Å². The number of hydrogen-bond donors (Lipinski definition) is 8. The van der Waals surface area contributed by atoms with E-state index in [1.165, 1.54) is 57.4 Å². The zero-order valence-electron chi connectivity index (χ0n) is 37.1. The van der Waals surface area contributed by atoms with Crippen molar-refractivity contribution in [1.82, 2.24) is 0 Å². The summed E-state index contributed by atoms with van der Waals surface area (Å²) in [5.74, 6) is 3.12. The molecule has 14 heteroatoms. The monoisotopic (exact) mass is 865 g/mol. The first-order valence-electron chi connectivity index (χ1n) is 23.9. The second-order valence-corrected chi connectivity index (χ2v) is 22.0. The molecule has 3 aliphatic heterocycles. The quantitative estimate of drug-likeness (QED) is 0.173. The van der Waals surface area contributed by atoms with E-state index in [2.05, 4.69) is 33.8 Å². The third-order valence-corrected chi connectivity index (χ3v) is 18.9. The topological polar surface area (TPSA) is 217 Å². The fraction of sp³-hybridized carbons (Fsp3) is 0.957. The first-order valence-corrected chi connectivity index (χ1v) is 23.9. The van der Waals surface area contributed by atoms with Crippen LogP contribution >= 0.6 is 0 Å². The van der Waals surface area contributed by atoms with Gasteiger partial charge in [0.05, 0.1) is 42.2 Å². The maximum atomic E-state index is 11.7. The van der Waals surface area contributed by atoms with Crippen molar-refractivity contribution < 1.29 is 69.3 Å². The predicted octanol–water partition coefficient (Wildman–Crippen LogP) is 2.71. The summed E-state index contributed by atoms with van der Waals surface area (Å²) in [7, 11) is 0. The number of fused-ring (bicyclic) bond motifs is 7. The van der Waals surface area contributed by atoms with Crippen molar-refractivity contribution in [2.45, 2.75) is 222 Å². The molecule has 8 fully saturated rings. The molecule has 9 rings (SSSR count). The minimum absolute atomic E-state index is 0.0384. The normalized spacial score (nSPS) is 58.4. The summed E-state index contributed by atoms with van der Waals surface area (Å²) in [5.41, 5.74) is 1.82. The highest BCUT2D eigenvalue weighted by Crippen LogP contribution is 2.71. The highest BCUT2D eigenvalue weighted by Gasteiger charge is 2.68. The van der Waals surface area contributed by atoms with Gasteiger partial charge in [0.25, 0.3) is 0 Å². The molecule has 6 aliphatic carbocycles. The van der Waals surface area contributed by atoms with Gasteiger partial charge in [-0.15, -0.1) is 0 Å². The van der Waals surface area contributed by atoms with E-state index in [4.69, 9.17) is 28.4 Å². The van der Waals surface area contributed by atoms with Crippen molar-refractivity contribution in [2.75, 3.05) is 6.61 Å². The minimum Gasteiger partial charge on any atom is -0.396 e. The van der Waals surface area contributed by atoms with Crippen LogP contribution in [-0.4, -0.2) is 151 Å². The SMILES string of the molecule is CC1CCC2(CC1)OC1CC3C4CC=C5CC(OC6CC(CO)C(O)C(OC7OC(C)C(O)C(O)C7O)C6OC6OC(C)C(O)C(O)C6O)CC[C@]5(C)C4CC[C@]3(C)C1C2C. The van der Waals surface area contributed by atoms with Gasteiger partial charge in [-0.1, -0.05) is 39.3 Å². The van der Waals surface area contributed by atoms with E-state index in [9.17, 15) is 40.9 Å². The van der Waals surface area contributed by atoms with Crippen LogP contribution in [0.25, 0.3) is 0 Å². The van der Waals surface area contributed by atoms with E-state index < -0.39 is 98.4 Å². The third-order valence-electron chi connectivity index (χ3n) is 18.9. The lowest BCUT2D eigenvalue weighted by molar-refractivity contribution is -0.359. The van der Waals surface area contributed by atoms with Crippen LogP contribution in [0.3, 0.4) is 0 Å². The summed E-state index contributed by atoms with van der Waals surface area (Å²) in [6.45, 7) is 12.7. The van der Waals surface area contributed by atoms with E-state index in [0.717, 1.165) is 25.2 Å². The number of ether oxygens (including phenoxy) is 6. The van der Waals surface area contributed by atoms with E-state index in [-0.39, 0.29) is 23.5 Å². The number of allylic oxidation sites excluding steroid dienone is 1. The molecule has 8 N–H and O–H groups in total. The average molecular weight is 865 g/mol. The van der Waals surface area contributed by atoms with Crippen LogP contribution in [0.1, 0.15) is 119 Å². The predicted molar refractivity (Wildman–Crippen MR) is 219 cm³/mol. The molecule has 24 atom stereocenters. The van der Waals surface area contributed by atoms with Crippen LogP contribution < -0.4 is 0 Å². The molecule has 22 unspecified atom stereocenters. The summed E-state index contributed by atoms with van der Waals surface area (Å²) in [4.78, 5) is 0. The van der Waals surface area contributed by atoms with Crippen molar-refractivity contribution in [2.24, 2.45) is 52.3 Å². The highest BCUT2D eigenvalue weighted by atomic mass is 16.7. The van der Waals surface area contributed by atoms with E-state index in [0.29, 0.717) is 47.5 Å². The van der Waals surface area contributed by atoms with Gasteiger partial charge in [-0.2, -0.15) is 0 Å². The molecule has 5 saturated carbocycles. The Labute approximate surface area is 361 Å². The maximum Gasteiger partial charge on any atom is 0.187 e. The van der Waals surface area contributed by atoms with Crippen molar-refractivity contribution in [3.63, 3.8) is 0 Å². The van der Waals surface area contributed by atoms with Gasteiger partial charge in [-0.05, 0) is 137 Å². The lowest BCUT2D eigenvalue weighted by atomic mass is 9.46. The van der Waals surface area contributed by atoms with Gasteiger partial charge in [0.2, 0.25) is 0 Å². The van der Waals surface area contributed by atoms with Gasteiger partial charge in [0.1, 0.15) is 48.8 Å². The Morgan fingerprint density at radius 1 is 0.672 bits per heavy atom. The number of rotatable bonds is 7. The molecule has 0 aromatic heterocycles. The summed E-state index contributed by atoms with van der Waals surface area (Å²) in [6, 6.07) is 0. The van der Waals surface area contributed by atoms with Crippen LogP contribution in [0, 0.1) is 52.3 Å². The van der Waals surface area contributed by atoms with Crippen molar-refractivity contribution >= 4 is 0 Å². The molecule has 61 heavy (non-hydrogen) atoms. The van der Waals surface area contributed by atoms with Crippen molar-refractivity contribution in [3.05, 3.63) is 11.6 Å². The Morgan fingerprint density at radius 3 is 1.92 bits per heavy atom. The molecule has 0 bridgehead atoms. The Bertz CT molecular complexity index is 1590. The molecule has 1 spiro atoms. The van der Waals surface area contributed by atoms with Crippen molar-refractivity contribution in [3.8, 4) is 0 Å². The van der Waals surface area contributed by atoms with Crippen LogP contribution in [0.2, 0.25) is 0 Å². The van der Waals surface area contributed by atoms with Gasteiger partial charge >= 0.3 is 0 Å². The smallest absolute Gasteiger partial charge is 0.187 e. The first kappa shape index (κ1) is 45.3. The number of hydrogen-bond acceptors (Lipinski definition) is 14. The van der Waals surface area contributed by atoms with Gasteiger partial charge < -0.3 is 69.3 Å². The van der Waals surface area contributed by atoms with Gasteiger partial charge in [0.15, 0.2) is 12.6 Å². The number of aliphatic hydroxyl groups is 8.